The van der Waals surface area contributed by atoms with E-state index in [0.717, 1.165) is 10.9 Å². The van der Waals surface area contributed by atoms with E-state index < -0.39 is 6.10 Å². The summed E-state index contributed by atoms with van der Waals surface area (Å²) in [6, 6.07) is 5.48. The molecule has 0 saturated carbocycles. The van der Waals surface area contributed by atoms with Crippen molar-refractivity contribution < 1.29 is 10.2 Å². The van der Waals surface area contributed by atoms with E-state index in [-0.39, 0.29) is 6.61 Å². The number of nitrogens with zero attached hydrogens (tertiary/aromatic N) is 2. The molecule has 0 amide bonds. The molecule has 14 heavy (non-hydrogen) atoms. The molecule has 0 aliphatic heterocycles. The Kier molecular flexibility index (Phi) is 2.50. The van der Waals surface area contributed by atoms with Crippen LogP contribution in [0.5, 0.6) is 0 Å². The number of benzene rings is 1. The summed E-state index contributed by atoms with van der Waals surface area (Å²) in [5, 5.41) is 23.3. The van der Waals surface area contributed by atoms with E-state index in [2.05, 4.69) is 14.5 Å². The van der Waals surface area contributed by atoms with Crippen molar-refractivity contribution in [1.82, 2.24) is 9.55 Å². The third kappa shape index (κ3) is 1.52. The lowest BCUT2D eigenvalue weighted by atomic mass is 10.1. The Morgan fingerprint density at radius 1 is 1.50 bits per heavy atom. The molecule has 0 bridgehead atoms. The molecular weight excluding hydrogens is 199 g/mol. The zero-order valence-corrected chi connectivity index (χ0v) is 8.61. The molecule has 0 aliphatic carbocycles. The van der Waals surface area contributed by atoms with Crippen molar-refractivity contribution in [2.45, 2.75) is 6.10 Å². The summed E-state index contributed by atoms with van der Waals surface area (Å²) in [4.78, 5) is 0. The lowest BCUT2D eigenvalue weighted by molar-refractivity contribution is 0.0957. The number of aliphatic hydroxyl groups excluding tert-OH is 2. The molecule has 5 heteroatoms. The minimum atomic E-state index is -0.820. The van der Waals surface area contributed by atoms with Crippen LogP contribution in [0.15, 0.2) is 24.4 Å². The molecular formula is C9H11N2O2P. The van der Waals surface area contributed by atoms with Crippen molar-refractivity contribution in [2.75, 3.05) is 6.61 Å². The molecule has 74 valence electrons. The second-order valence-electron chi connectivity index (χ2n) is 3.11. The predicted molar refractivity (Wildman–Crippen MR) is 56.9 cm³/mol. The first-order valence-electron chi connectivity index (χ1n) is 4.24. The summed E-state index contributed by atoms with van der Waals surface area (Å²) in [5.41, 5.74) is 1.62. The van der Waals surface area contributed by atoms with Crippen LogP contribution in [0.4, 0.5) is 0 Å². The van der Waals surface area contributed by atoms with Crippen LogP contribution in [0.3, 0.4) is 0 Å². The van der Waals surface area contributed by atoms with Crippen molar-refractivity contribution in [2.24, 2.45) is 0 Å². The molecule has 4 nitrogen and oxygen atoms in total. The average Bonchev–Trinajstić information content (AvgIpc) is 2.59. The lowest BCUT2D eigenvalue weighted by Gasteiger charge is -2.07. The Hall–Kier alpha value is -0.960. The SMILES string of the molecule is OC[C@H](O)c1ccc2cnn(P)c2c1. The Balaban J connectivity index is 2.54. The monoisotopic (exact) mass is 210 g/mol. The molecule has 0 spiro atoms. The van der Waals surface area contributed by atoms with E-state index in [1.165, 1.54) is 0 Å². The van der Waals surface area contributed by atoms with Gasteiger partial charge in [0.2, 0.25) is 0 Å². The van der Waals surface area contributed by atoms with E-state index in [1.54, 1.807) is 16.7 Å². The van der Waals surface area contributed by atoms with Gasteiger partial charge in [0, 0.05) is 5.39 Å². The number of fused-ring (bicyclic) bond motifs is 1. The Labute approximate surface area is 83.4 Å². The van der Waals surface area contributed by atoms with Crippen molar-refractivity contribution in [3.63, 3.8) is 0 Å². The maximum atomic E-state index is 9.43. The van der Waals surface area contributed by atoms with Crippen molar-refractivity contribution >= 4 is 20.3 Å². The second-order valence-corrected chi connectivity index (χ2v) is 3.59. The molecule has 1 aromatic carbocycles. The molecule has 2 rings (SSSR count). The normalized spacial score (nSPS) is 13.4. The minimum absolute atomic E-state index is 0.267. The number of hydrogen-bond acceptors (Lipinski definition) is 3. The summed E-state index contributed by atoms with van der Waals surface area (Å²) in [6.45, 7) is -0.267. The van der Waals surface area contributed by atoms with Gasteiger partial charge >= 0.3 is 0 Å². The number of hydrogen-bond donors (Lipinski definition) is 2. The molecule has 1 heterocycles. The Morgan fingerprint density at radius 3 is 3.00 bits per heavy atom. The first-order valence-corrected chi connectivity index (χ1v) is 4.75. The summed E-state index contributed by atoms with van der Waals surface area (Å²) in [6.07, 6.45) is 0.927. The van der Waals surface area contributed by atoms with Gasteiger partial charge in [-0.15, -0.1) is 0 Å². The lowest BCUT2D eigenvalue weighted by Crippen LogP contribution is -2.02. The summed E-state index contributed by atoms with van der Waals surface area (Å²) < 4.78 is 1.66. The maximum Gasteiger partial charge on any atom is 0.102 e. The van der Waals surface area contributed by atoms with Crippen LogP contribution in [0, 0.1) is 0 Å². The number of aromatic nitrogens is 2. The Morgan fingerprint density at radius 2 is 2.29 bits per heavy atom. The smallest absolute Gasteiger partial charge is 0.102 e. The highest BCUT2D eigenvalue weighted by Crippen LogP contribution is 2.21. The molecule has 2 aromatic rings. The average molecular weight is 210 g/mol. The molecule has 0 aliphatic rings. The van der Waals surface area contributed by atoms with Crippen LogP contribution in [-0.4, -0.2) is 26.4 Å². The summed E-state index contributed by atoms with van der Waals surface area (Å²) >= 11 is 0. The third-order valence-electron chi connectivity index (χ3n) is 2.18. The van der Waals surface area contributed by atoms with Crippen LogP contribution in [-0.2, 0) is 0 Å². The molecule has 0 fully saturated rings. The van der Waals surface area contributed by atoms with E-state index in [0.29, 0.717) is 5.56 Å². The van der Waals surface area contributed by atoms with Crippen LogP contribution in [0.2, 0.25) is 0 Å². The summed E-state index contributed by atoms with van der Waals surface area (Å²) in [5.74, 6) is 0. The van der Waals surface area contributed by atoms with Gasteiger partial charge in [-0.05, 0) is 21.0 Å². The minimum Gasteiger partial charge on any atom is -0.393 e. The number of aliphatic hydroxyl groups is 2. The van der Waals surface area contributed by atoms with E-state index >= 15 is 0 Å². The molecule has 1 unspecified atom stereocenters. The van der Waals surface area contributed by atoms with Gasteiger partial charge in [0.15, 0.2) is 0 Å². The fourth-order valence-corrected chi connectivity index (χ4v) is 1.66. The highest BCUT2D eigenvalue weighted by Gasteiger charge is 2.07. The topological polar surface area (TPSA) is 58.3 Å². The Bertz CT molecular complexity index is 455. The fraction of sp³-hybridized carbons (Fsp3) is 0.222. The van der Waals surface area contributed by atoms with Gasteiger partial charge in [0.25, 0.3) is 0 Å². The van der Waals surface area contributed by atoms with Crippen molar-refractivity contribution in [3.05, 3.63) is 30.0 Å². The molecule has 0 saturated heterocycles. The zero-order chi connectivity index (χ0) is 10.1. The van der Waals surface area contributed by atoms with Gasteiger partial charge in [-0.3, -0.25) is 4.45 Å². The maximum absolute atomic E-state index is 9.43. The van der Waals surface area contributed by atoms with E-state index in [9.17, 15) is 5.11 Å². The largest absolute Gasteiger partial charge is 0.393 e. The van der Waals surface area contributed by atoms with E-state index in [1.807, 2.05) is 12.1 Å². The zero-order valence-electron chi connectivity index (χ0n) is 7.46. The first kappa shape index (κ1) is 9.59. The van der Waals surface area contributed by atoms with Crippen LogP contribution < -0.4 is 0 Å². The van der Waals surface area contributed by atoms with Gasteiger partial charge in [-0.25, -0.2) is 0 Å². The van der Waals surface area contributed by atoms with Gasteiger partial charge in [0.05, 0.1) is 18.3 Å². The predicted octanol–water partition coefficient (Wildman–Crippen LogP) is 0.700. The standard InChI is InChI=1S/C9H11N2O2P/c12-5-9(13)6-1-2-7-4-10-11(14)8(7)3-6/h1-4,9,12-13H,5,14H2/t9-/m0/s1. The summed E-state index contributed by atoms with van der Waals surface area (Å²) in [7, 11) is 2.46. The second kappa shape index (κ2) is 3.65. The van der Waals surface area contributed by atoms with Crippen LogP contribution >= 0.6 is 9.39 Å². The molecule has 2 atom stereocenters. The fourth-order valence-electron chi connectivity index (χ4n) is 1.37. The molecule has 2 N–H and O–H groups in total. The quantitative estimate of drug-likeness (QED) is 0.717. The third-order valence-corrected chi connectivity index (χ3v) is 2.59. The van der Waals surface area contributed by atoms with Crippen molar-refractivity contribution in [1.29, 1.82) is 0 Å². The van der Waals surface area contributed by atoms with Gasteiger partial charge < -0.3 is 10.2 Å². The van der Waals surface area contributed by atoms with E-state index in [4.69, 9.17) is 5.11 Å². The van der Waals surface area contributed by atoms with Crippen molar-refractivity contribution in [3.8, 4) is 0 Å². The molecule has 0 radical (unpaired) electrons. The van der Waals surface area contributed by atoms with Crippen LogP contribution in [0.1, 0.15) is 11.7 Å². The number of rotatable bonds is 2. The first-order chi connectivity index (χ1) is 6.72. The van der Waals surface area contributed by atoms with Gasteiger partial charge in [-0.2, -0.15) is 5.10 Å². The highest BCUT2D eigenvalue weighted by molar-refractivity contribution is 7.14. The highest BCUT2D eigenvalue weighted by atomic mass is 31.0. The molecule has 1 aromatic heterocycles. The van der Waals surface area contributed by atoms with Gasteiger partial charge in [-0.1, -0.05) is 12.1 Å². The van der Waals surface area contributed by atoms with Gasteiger partial charge in [0.1, 0.15) is 6.10 Å². The van der Waals surface area contributed by atoms with Crippen LogP contribution in [0.25, 0.3) is 10.9 Å².